The summed E-state index contributed by atoms with van der Waals surface area (Å²) in [5, 5.41) is 1.01. The third-order valence-corrected chi connectivity index (χ3v) is 6.26. The van der Waals surface area contributed by atoms with Crippen LogP contribution in [0, 0.1) is 11.7 Å². The van der Waals surface area contributed by atoms with Gasteiger partial charge in [-0.2, -0.15) is 0 Å². The fourth-order valence-electron chi connectivity index (χ4n) is 4.60. The summed E-state index contributed by atoms with van der Waals surface area (Å²) >= 11 is 0. The van der Waals surface area contributed by atoms with E-state index in [0.717, 1.165) is 54.4 Å². The highest BCUT2D eigenvalue weighted by Crippen LogP contribution is 2.37. The Labute approximate surface area is 169 Å². The van der Waals surface area contributed by atoms with Crippen LogP contribution in [0.15, 0.2) is 36.5 Å². The quantitative estimate of drug-likeness (QED) is 0.703. The summed E-state index contributed by atoms with van der Waals surface area (Å²) in [7, 11) is 1.61. The highest BCUT2D eigenvalue weighted by molar-refractivity contribution is 5.95. The van der Waals surface area contributed by atoms with Gasteiger partial charge >= 0.3 is 0 Å². The largest absolute Gasteiger partial charge is 0.496 e. The van der Waals surface area contributed by atoms with Gasteiger partial charge in [-0.25, -0.2) is 9.37 Å². The number of hydrogen-bond donors (Lipinski definition) is 1. The lowest BCUT2D eigenvalue weighted by atomic mass is 9.92. The number of aromatic amines is 1. The number of ether oxygens (including phenoxy) is 2. The van der Waals surface area contributed by atoms with Gasteiger partial charge in [0.1, 0.15) is 17.2 Å². The van der Waals surface area contributed by atoms with E-state index < -0.39 is 0 Å². The zero-order chi connectivity index (χ0) is 19.8. The fraction of sp³-hybridized carbons (Fsp3) is 0.435. The van der Waals surface area contributed by atoms with Crippen LogP contribution in [0.25, 0.3) is 22.2 Å². The molecule has 1 N–H and O–H groups in total. The third-order valence-electron chi connectivity index (χ3n) is 6.26. The molecule has 3 aromatic rings. The first-order valence-corrected chi connectivity index (χ1v) is 10.3. The molecule has 29 heavy (non-hydrogen) atoms. The summed E-state index contributed by atoms with van der Waals surface area (Å²) in [6.07, 6.45) is 4.12. The number of nitrogens with zero attached hydrogens (tertiary/aromatic N) is 2. The number of pyridine rings is 1. The van der Waals surface area contributed by atoms with Gasteiger partial charge in [0.25, 0.3) is 0 Å². The maximum absolute atomic E-state index is 13.9. The molecule has 2 saturated heterocycles. The number of hydrogen-bond acceptors (Lipinski definition) is 4. The minimum Gasteiger partial charge on any atom is -0.496 e. The van der Waals surface area contributed by atoms with Crippen LogP contribution in [-0.2, 0) is 4.74 Å². The summed E-state index contributed by atoms with van der Waals surface area (Å²) in [6, 6.07) is 8.72. The molecule has 0 aliphatic carbocycles. The predicted octanol–water partition coefficient (Wildman–Crippen LogP) is 4.20. The van der Waals surface area contributed by atoms with E-state index in [0.29, 0.717) is 11.7 Å². The van der Waals surface area contributed by atoms with Crippen molar-refractivity contribution in [1.29, 1.82) is 0 Å². The van der Waals surface area contributed by atoms with Crippen molar-refractivity contribution in [3.8, 4) is 16.9 Å². The molecule has 4 heterocycles. The van der Waals surface area contributed by atoms with E-state index in [9.17, 15) is 4.39 Å². The van der Waals surface area contributed by atoms with Crippen LogP contribution >= 0.6 is 0 Å². The Bertz CT molecular complexity index is 1010. The molecule has 2 aromatic heterocycles. The van der Waals surface area contributed by atoms with Crippen LogP contribution in [0.4, 0.5) is 4.39 Å². The minimum absolute atomic E-state index is 0.274. The normalized spacial score (nSPS) is 18.8. The molecule has 0 radical (unpaired) electrons. The number of benzene rings is 1. The number of likely N-dealkylation sites (tertiary alicyclic amines) is 1. The molecule has 0 saturated carbocycles. The third kappa shape index (κ3) is 3.63. The van der Waals surface area contributed by atoms with E-state index >= 15 is 0 Å². The molecule has 152 valence electrons. The van der Waals surface area contributed by atoms with E-state index in [4.69, 9.17) is 9.47 Å². The number of fused-ring (bicyclic) bond motifs is 1. The minimum atomic E-state index is -0.274. The van der Waals surface area contributed by atoms with E-state index in [1.54, 1.807) is 19.4 Å². The molecule has 2 aliphatic heterocycles. The highest BCUT2D eigenvalue weighted by atomic mass is 19.1. The van der Waals surface area contributed by atoms with Crippen LogP contribution in [0.1, 0.15) is 24.5 Å². The molecule has 1 aromatic carbocycles. The van der Waals surface area contributed by atoms with Gasteiger partial charge in [-0.05, 0) is 54.7 Å². The molecule has 6 heteroatoms. The second kappa shape index (κ2) is 7.76. The Hall–Kier alpha value is -2.44. The molecule has 5 rings (SSSR count). The second-order valence-corrected chi connectivity index (χ2v) is 8.16. The molecule has 0 unspecified atom stereocenters. The standard InChI is InChI=1S/C23H26FN3O2/c1-28-22-3-2-17(24)10-19(22)18-4-7-25-23-20(18)11-21(26-23)16-13-27(14-16)12-15-5-8-29-9-6-15/h2-4,7,10-11,15-16H,5-6,8-9,12-14H2,1H3,(H,25,26). The van der Waals surface area contributed by atoms with Gasteiger partial charge in [-0.3, -0.25) is 0 Å². The Morgan fingerprint density at radius 2 is 2.00 bits per heavy atom. The summed E-state index contributed by atoms with van der Waals surface area (Å²) in [5.74, 6) is 1.64. The maximum atomic E-state index is 13.9. The first-order chi connectivity index (χ1) is 14.2. The summed E-state index contributed by atoms with van der Waals surface area (Å²) in [5.41, 5.74) is 3.73. The Balaban J connectivity index is 1.37. The highest BCUT2D eigenvalue weighted by Gasteiger charge is 2.31. The number of nitrogens with one attached hydrogen (secondary N) is 1. The number of halogens is 1. The van der Waals surface area contributed by atoms with E-state index in [1.807, 2.05) is 6.07 Å². The summed E-state index contributed by atoms with van der Waals surface area (Å²) < 4.78 is 24.8. The van der Waals surface area contributed by atoms with Gasteiger partial charge in [0.15, 0.2) is 0 Å². The molecule has 0 amide bonds. The van der Waals surface area contributed by atoms with Gasteiger partial charge in [-0.15, -0.1) is 0 Å². The molecule has 5 nitrogen and oxygen atoms in total. The van der Waals surface area contributed by atoms with Gasteiger partial charge < -0.3 is 19.4 Å². The Morgan fingerprint density at radius 3 is 2.79 bits per heavy atom. The van der Waals surface area contributed by atoms with Crippen LogP contribution < -0.4 is 4.74 Å². The maximum Gasteiger partial charge on any atom is 0.138 e. The van der Waals surface area contributed by atoms with Crippen LogP contribution in [-0.4, -0.2) is 54.8 Å². The fourth-order valence-corrected chi connectivity index (χ4v) is 4.60. The molecule has 0 atom stereocenters. The number of aromatic nitrogens is 2. The van der Waals surface area contributed by atoms with Crippen molar-refractivity contribution >= 4 is 11.0 Å². The van der Waals surface area contributed by atoms with E-state index in [1.165, 1.54) is 37.2 Å². The summed E-state index contributed by atoms with van der Waals surface area (Å²) in [4.78, 5) is 10.5. The molecule has 0 bridgehead atoms. The van der Waals surface area contributed by atoms with Gasteiger partial charge in [0.2, 0.25) is 0 Å². The van der Waals surface area contributed by atoms with Gasteiger partial charge in [-0.1, -0.05) is 0 Å². The van der Waals surface area contributed by atoms with Crippen molar-refractivity contribution in [3.63, 3.8) is 0 Å². The second-order valence-electron chi connectivity index (χ2n) is 8.16. The van der Waals surface area contributed by atoms with Crippen molar-refractivity contribution in [1.82, 2.24) is 14.9 Å². The van der Waals surface area contributed by atoms with Crippen molar-refractivity contribution in [2.75, 3.05) is 40.0 Å². The summed E-state index contributed by atoms with van der Waals surface area (Å²) in [6.45, 7) is 5.12. The smallest absolute Gasteiger partial charge is 0.138 e. The monoisotopic (exact) mass is 395 g/mol. The van der Waals surface area contributed by atoms with Crippen molar-refractivity contribution in [2.24, 2.45) is 5.92 Å². The van der Waals surface area contributed by atoms with E-state index in [2.05, 4.69) is 20.9 Å². The number of methoxy groups -OCH3 is 1. The van der Waals surface area contributed by atoms with Crippen LogP contribution in [0.3, 0.4) is 0 Å². The van der Waals surface area contributed by atoms with Gasteiger partial charge in [0, 0.05) is 61.6 Å². The average Bonchev–Trinajstić information content (AvgIpc) is 3.14. The Kier molecular flexibility index (Phi) is 4.97. The SMILES string of the molecule is COc1ccc(F)cc1-c1ccnc2[nH]c(C3CN(CC4CCOCC4)C3)cc12. The first-order valence-electron chi connectivity index (χ1n) is 10.3. The molecule has 2 aliphatic rings. The van der Waals surface area contributed by atoms with Crippen molar-refractivity contribution < 1.29 is 13.9 Å². The number of rotatable bonds is 5. The zero-order valence-electron chi connectivity index (χ0n) is 16.7. The van der Waals surface area contributed by atoms with Crippen molar-refractivity contribution in [2.45, 2.75) is 18.8 Å². The lowest BCUT2D eigenvalue weighted by molar-refractivity contribution is 0.0368. The lowest BCUT2D eigenvalue weighted by Crippen LogP contribution is -2.47. The molecular weight excluding hydrogens is 369 g/mol. The van der Waals surface area contributed by atoms with Crippen LogP contribution in [0.2, 0.25) is 0 Å². The molecule has 0 spiro atoms. The van der Waals surface area contributed by atoms with Gasteiger partial charge in [0.05, 0.1) is 7.11 Å². The average molecular weight is 395 g/mol. The predicted molar refractivity (Wildman–Crippen MR) is 111 cm³/mol. The number of H-pyrrole nitrogens is 1. The first kappa shape index (κ1) is 18.6. The molecular formula is C23H26FN3O2. The zero-order valence-corrected chi connectivity index (χ0v) is 16.7. The molecule has 2 fully saturated rings. The van der Waals surface area contributed by atoms with E-state index in [-0.39, 0.29) is 5.82 Å². The lowest BCUT2D eigenvalue weighted by Gasteiger charge is -2.41. The van der Waals surface area contributed by atoms with Crippen LogP contribution in [0.5, 0.6) is 5.75 Å². The Morgan fingerprint density at radius 1 is 1.17 bits per heavy atom. The topological polar surface area (TPSA) is 50.4 Å². The van der Waals surface area contributed by atoms with Crippen molar-refractivity contribution in [3.05, 3.63) is 48.0 Å².